The Labute approximate surface area is 301 Å². The molecule has 2 nitrogen and oxygen atoms in total. The molecule has 3 radical (unpaired) electrons. The second kappa shape index (κ2) is 171. The fourth-order valence-corrected chi connectivity index (χ4v) is 1.07. The van der Waals surface area contributed by atoms with Crippen molar-refractivity contribution < 1.29 is 9.90 Å². The number of carbonyl (C=O) groups excluding carboxylic acids is 1. The number of hydrogen-bond donors (Lipinski definition) is 1. The van der Waals surface area contributed by atoms with Crippen LogP contribution < -0.4 is 0 Å². The van der Waals surface area contributed by atoms with Crippen LogP contribution in [0.15, 0.2) is 60.7 Å². The number of Topliss-reactive ketones (excluding diaryl/α,β-unsaturated/α-hetero) is 1. The lowest BCUT2D eigenvalue weighted by Gasteiger charge is -1.82. The highest BCUT2D eigenvalue weighted by atomic mass is 16.3. The lowest BCUT2D eigenvalue weighted by Crippen LogP contribution is -1.85. The van der Waals surface area contributed by atoms with E-state index in [1.54, 1.807) is 13.8 Å². The zero-order valence-electron chi connectivity index (χ0n) is 38.0. The summed E-state index contributed by atoms with van der Waals surface area (Å²) in [5.41, 5.74) is 2.64. The van der Waals surface area contributed by atoms with Gasteiger partial charge in [0.15, 0.2) is 0 Å². The monoisotopic (exact) mass is 658 g/mol. The SMILES string of the molecule is CC.CC.CC.CC.CC.CC.CC.CC.CC.CC.CC(C)=O.CC(C)O.CCC.Cc1ccccc1.Cc1ccccc1.[B]. The predicted octanol–water partition coefficient (Wildman–Crippen LogP) is 16.3. The van der Waals surface area contributed by atoms with E-state index in [0.717, 1.165) is 0 Å². The van der Waals surface area contributed by atoms with Crippen LogP contribution in [0.1, 0.15) is 198 Å². The van der Waals surface area contributed by atoms with Crippen molar-refractivity contribution in [3.05, 3.63) is 71.8 Å². The Morgan fingerprint density at radius 2 is 0.565 bits per heavy atom. The second-order valence-electron chi connectivity index (χ2n) is 6.02. The second-order valence-corrected chi connectivity index (χ2v) is 6.02. The number of benzene rings is 2. The van der Waals surface area contributed by atoms with Gasteiger partial charge in [0, 0.05) is 14.5 Å². The van der Waals surface area contributed by atoms with E-state index in [4.69, 9.17) is 5.11 Å². The van der Waals surface area contributed by atoms with Crippen molar-refractivity contribution in [1.82, 2.24) is 0 Å². The smallest absolute Gasteiger partial charge is 0.126 e. The third-order valence-electron chi connectivity index (χ3n) is 1.88. The molecular weight excluding hydrogens is 559 g/mol. The molecular formula is C43H98BO2. The van der Waals surface area contributed by atoms with Crippen LogP contribution in [0.25, 0.3) is 0 Å². The summed E-state index contributed by atoms with van der Waals surface area (Å²) in [5, 5.41) is 8.06. The van der Waals surface area contributed by atoms with Gasteiger partial charge in [-0.05, 0) is 41.5 Å². The molecule has 1 N–H and O–H groups in total. The van der Waals surface area contributed by atoms with Crippen molar-refractivity contribution in [2.24, 2.45) is 0 Å². The third kappa shape index (κ3) is 357. The van der Waals surface area contributed by atoms with Gasteiger partial charge in [0.25, 0.3) is 0 Å². The largest absolute Gasteiger partial charge is 0.394 e. The lowest BCUT2D eigenvalue weighted by atomic mass is 10.2. The molecule has 0 unspecified atom stereocenters. The molecule has 285 valence electrons. The Morgan fingerprint density at radius 3 is 0.609 bits per heavy atom. The first kappa shape index (κ1) is 90.4. The van der Waals surface area contributed by atoms with Crippen molar-refractivity contribution in [3.8, 4) is 0 Å². The predicted molar refractivity (Wildman–Crippen MR) is 231 cm³/mol. The lowest BCUT2D eigenvalue weighted by molar-refractivity contribution is -0.115. The normalized spacial score (nSPS) is 5.70. The van der Waals surface area contributed by atoms with Crippen molar-refractivity contribution >= 4 is 14.2 Å². The molecule has 3 heteroatoms. The van der Waals surface area contributed by atoms with Gasteiger partial charge < -0.3 is 9.90 Å². The van der Waals surface area contributed by atoms with Gasteiger partial charge in [-0.1, -0.05) is 231 Å². The number of aryl methyl sites for hydroxylation is 2. The minimum absolute atomic E-state index is 0. The number of hydrogen-bond acceptors (Lipinski definition) is 2. The van der Waals surface area contributed by atoms with Crippen LogP contribution >= 0.6 is 0 Å². The maximum absolute atomic E-state index is 9.44. The maximum atomic E-state index is 9.44. The van der Waals surface area contributed by atoms with Crippen LogP contribution in [0.5, 0.6) is 0 Å². The Balaban J connectivity index is -0.0000000207. The Kier molecular flexibility index (Phi) is 337. The minimum atomic E-state index is -0.167. The first-order valence-electron chi connectivity index (χ1n) is 18.9. The van der Waals surface area contributed by atoms with E-state index in [0.29, 0.717) is 0 Å². The molecule has 2 aromatic rings. The molecule has 0 aliphatic carbocycles. The van der Waals surface area contributed by atoms with Gasteiger partial charge in [-0.25, -0.2) is 0 Å². The molecule has 0 heterocycles. The highest BCUT2D eigenvalue weighted by molar-refractivity contribution is 5.75. The average Bonchev–Trinajstić information content (AvgIpc) is 3.11. The van der Waals surface area contributed by atoms with E-state index >= 15 is 0 Å². The van der Waals surface area contributed by atoms with Crippen molar-refractivity contribution in [2.45, 2.75) is 206 Å². The summed E-state index contributed by atoms with van der Waals surface area (Å²) in [6, 6.07) is 20.5. The molecule has 46 heavy (non-hydrogen) atoms. The van der Waals surface area contributed by atoms with Crippen molar-refractivity contribution in [2.75, 3.05) is 0 Å². The van der Waals surface area contributed by atoms with Crippen molar-refractivity contribution in [1.29, 1.82) is 0 Å². The van der Waals surface area contributed by atoms with Crippen LogP contribution in [-0.4, -0.2) is 25.4 Å². The zero-order chi connectivity index (χ0) is 40.1. The molecule has 2 rings (SSSR count). The first-order valence-corrected chi connectivity index (χ1v) is 18.9. The standard InChI is InChI=1S/2C7H8.C3H8O.C3H6O.C3H8.10C2H6.B/c2*1-7-5-3-2-4-6-7;2*1-3(2)4;1-3-2;10*1-2;/h2*2-6H,1H3;3-4H,1-2H3;1-2H3;3H2,1-2H3;10*1-2H3;. The Hall–Kier alpha value is -1.87. The maximum Gasteiger partial charge on any atom is 0.126 e. The van der Waals surface area contributed by atoms with Crippen molar-refractivity contribution in [3.63, 3.8) is 0 Å². The molecule has 0 aliphatic rings. The summed E-state index contributed by atoms with van der Waals surface area (Å²) in [7, 11) is 0. The van der Waals surface area contributed by atoms with Gasteiger partial charge in [-0.15, -0.1) is 0 Å². The number of carbonyl (C=O) groups is 1. The molecule has 0 fully saturated rings. The topological polar surface area (TPSA) is 37.3 Å². The number of rotatable bonds is 0. The molecule has 0 saturated carbocycles. The molecule has 0 amide bonds. The van der Waals surface area contributed by atoms with Gasteiger partial charge in [0.05, 0.1) is 0 Å². The quantitative estimate of drug-likeness (QED) is 0.286. The van der Waals surface area contributed by atoms with Gasteiger partial charge in [-0.3, -0.25) is 0 Å². The van der Waals surface area contributed by atoms with E-state index in [-0.39, 0.29) is 20.3 Å². The van der Waals surface area contributed by atoms with Crippen LogP contribution in [0, 0.1) is 13.8 Å². The van der Waals surface area contributed by atoms with Crippen LogP contribution in [0.2, 0.25) is 0 Å². The molecule has 0 aromatic heterocycles. The van der Waals surface area contributed by atoms with Gasteiger partial charge in [0.2, 0.25) is 0 Å². The van der Waals surface area contributed by atoms with Gasteiger partial charge >= 0.3 is 0 Å². The summed E-state index contributed by atoms with van der Waals surface area (Å²) in [6.45, 7) is 54.9. The third-order valence-corrected chi connectivity index (χ3v) is 1.88. The number of ketones is 1. The van der Waals surface area contributed by atoms with Crippen LogP contribution in [0.4, 0.5) is 0 Å². The number of aliphatic hydroxyl groups excluding tert-OH is 1. The highest BCUT2D eigenvalue weighted by Crippen LogP contribution is 1.92. The van der Waals surface area contributed by atoms with E-state index in [2.05, 4.69) is 52.0 Å². The molecule has 0 aliphatic heterocycles. The summed E-state index contributed by atoms with van der Waals surface area (Å²) < 4.78 is 0. The molecule has 2 aromatic carbocycles. The Morgan fingerprint density at radius 1 is 0.478 bits per heavy atom. The minimum Gasteiger partial charge on any atom is -0.394 e. The molecule has 0 saturated heterocycles. The first-order chi connectivity index (χ1) is 21.7. The summed E-state index contributed by atoms with van der Waals surface area (Å²) >= 11 is 0. The van der Waals surface area contributed by atoms with E-state index in [9.17, 15) is 4.79 Å². The van der Waals surface area contributed by atoms with Crippen LogP contribution in [-0.2, 0) is 4.79 Å². The summed E-state index contributed by atoms with van der Waals surface area (Å²) in [5.74, 6) is 0.167. The molecule has 0 atom stereocenters. The number of aliphatic hydroxyl groups is 1. The summed E-state index contributed by atoms with van der Waals surface area (Å²) in [4.78, 5) is 9.44. The fraction of sp³-hybridized carbons (Fsp3) is 0.698. The van der Waals surface area contributed by atoms with Gasteiger partial charge in [-0.2, -0.15) is 0 Å². The average molecular weight is 658 g/mol. The summed E-state index contributed by atoms with van der Waals surface area (Å²) in [6.07, 6.45) is 1.08. The Bertz CT molecular complexity index is 440. The zero-order valence-corrected chi connectivity index (χ0v) is 38.0. The van der Waals surface area contributed by atoms with E-state index in [1.807, 2.05) is 175 Å². The van der Waals surface area contributed by atoms with Crippen LogP contribution in [0.3, 0.4) is 0 Å². The molecule has 0 spiro atoms. The highest BCUT2D eigenvalue weighted by Gasteiger charge is 1.72. The van der Waals surface area contributed by atoms with E-state index in [1.165, 1.54) is 31.4 Å². The molecule has 0 bridgehead atoms. The van der Waals surface area contributed by atoms with Gasteiger partial charge in [0.1, 0.15) is 5.78 Å². The fourth-order valence-electron chi connectivity index (χ4n) is 1.07. The van der Waals surface area contributed by atoms with E-state index < -0.39 is 0 Å².